The number of rotatable bonds is 8. The fraction of sp³-hybridized carbons (Fsp3) is 0.273. The molecule has 0 spiro atoms. The number of aromatic nitrogens is 2. The van der Waals surface area contributed by atoms with Gasteiger partial charge in [0.2, 0.25) is 0 Å². The van der Waals surface area contributed by atoms with Gasteiger partial charge in [0.05, 0.1) is 29.7 Å². The SMILES string of the molecule is CCc1c(C(=O)NCCCOc2cccc(C)c2)cnn1-c1ccccc1. The van der Waals surface area contributed by atoms with Crippen LogP contribution >= 0.6 is 0 Å². The predicted molar refractivity (Wildman–Crippen MR) is 107 cm³/mol. The highest BCUT2D eigenvalue weighted by atomic mass is 16.5. The highest BCUT2D eigenvalue weighted by Gasteiger charge is 2.16. The fourth-order valence-corrected chi connectivity index (χ4v) is 2.96. The van der Waals surface area contributed by atoms with E-state index in [1.54, 1.807) is 6.20 Å². The van der Waals surface area contributed by atoms with Crippen LogP contribution in [0, 0.1) is 6.92 Å². The minimum absolute atomic E-state index is 0.0930. The van der Waals surface area contributed by atoms with Crippen molar-refractivity contribution in [2.45, 2.75) is 26.7 Å². The Morgan fingerprint density at radius 3 is 2.70 bits per heavy atom. The molecule has 2 aromatic carbocycles. The van der Waals surface area contributed by atoms with Gasteiger partial charge in [0.25, 0.3) is 5.91 Å². The lowest BCUT2D eigenvalue weighted by atomic mass is 10.2. The highest BCUT2D eigenvalue weighted by molar-refractivity contribution is 5.95. The lowest BCUT2D eigenvalue weighted by Gasteiger charge is -2.09. The van der Waals surface area contributed by atoms with Crippen molar-refractivity contribution < 1.29 is 9.53 Å². The number of benzene rings is 2. The van der Waals surface area contributed by atoms with Gasteiger partial charge in [0.15, 0.2) is 0 Å². The van der Waals surface area contributed by atoms with Crippen LogP contribution in [0.3, 0.4) is 0 Å². The summed E-state index contributed by atoms with van der Waals surface area (Å²) in [5.41, 5.74) is 3.67. The fourth-order valence-electron chi connectivity index (χ4n) is 2.96. The van der Waals surface area contributed by atoms with Crippen LogP contribution in [0.25, 0.3) is 5.69 Å². The monoisotopic (exact) mass is 363 g/mol. The van der Waals surface area contributed by atoms with Crippen LogP contribution in [0.1, 0.15) is 35.0 Å². The van der Waals surface area contributed by atoms with E-state index in [0.29, 0.717) is 18.7 Å². The molecule has 0 bridgehead atoms. The van der Waals surface area contributed by atoms with E-state index in [2.05, 4.69) is 10.4 Å². The Morgan fingerprint density at radius 2 is 1.96 bits per heavy atom. The summed E-state index contributed by atoms with van der Waals surface area (Å²) in [4.78, 5) is 12.5. The van der Waals surface area contributed by atoms with E-state index in [-0.39, 0.29) is 5.91 Å². The summed E-state index contributed by atoms with van der Waals surface area (Å²) in [5.74, 6) is 0.767. The molecule has 1 amide bonds. The minimum Gasteiger partial charge on any atom is -0.494 e. The predicted octanol–water partition coefficient (Wildman–Crippen LogP) is 3.94. The van der Waals surface area contributed by atoms with E-state index in [4.69, 9.17) is 4.74 Å². The van der Waals surface area contributed by atoms with Gasteiger partial charge in [-0.25, -0.2) is 4.68 Å². The molecule has 5 nitrogen and oxygen atoms in total. The first-order chi connectivity index (χ1) is 13.2. The van der Waals surface area contributed by atoms with E-state index in [0.717, 1.165) is 30.0 Å². The minimum atomic E-state index is -0.0930. The van der Waals surface area contributed by atoms with Gasteiger partial charge in [-0.3, -0.25) is 4.79 Å². The summed E-state index contributed by atoms with van der Waals surface area (Å²) in [5, 5.41) is 7.37. The number of carbonyl (C=O) groups excluding carboxylic acids is 1. The molecule has 0 aliphatic rings. The van der Waals surface area contributed by atoms with Gasteiger partial charge >= 0.3 is 0 Å². The molecule has 3 aromatic rings. The quantitative estimate of drug-likeness (QED) is 0.617. The molecule has 0 saturated heterocycles. The second-order valence-electron chi connectivity index (χ2n) is 6.38. The molecule has 0 unspecified atom stereocenters. The smallest absolute Gasteiger partial charge is 0.254 e. The van der Waals surface area contributed by atoms with Gasteiger partial charge in [0.1, 0.15) is 5.75 Å². The molecule has 27 heavy (non-hydrogen) atoms. The van der Waals surface area contributed by atoms with Crippen molar-refractivity contribution in [3.05, 3.63) is 77.6 Å². The van der Waals surface area contributed by atoms with Crippen molar-refractivity contribution >= 4 is 5.91 Å². The molecule has 0 radical (unpaired) electrons. The lowest BCUT2D eigenvalue weighted by Crippen LogP contribution is -2.26. The average molecular weight is 363 g/mol. The Balaban J connectivity index is 1.53. The highest BCUT2D eigenvalue weighted by Crippen LogP contribution is 2.16. The maximum atomic E-state index is 12.5. The first-order valence-electron chi connectivity index (χ1n) is 9.29. The van der Waals surface area contributed by atoms with Gasteiger partial charge in [-0.05, 0) is 49.6 Å². The molecular formula is C22H25N3O2. The third-order valence-corrected chi connectivity index (χ3v) is 4.31. The van der Waals surface area contributed by atoms with E-state index < -0.39 is 0 Å². The molecule has 0 aliphatic carbocycles. The van der Waals surface area contributed by atoms with E-state index >= 15 is 0 Å². The number of nitrogens with zero attached hydrogens (tertiary/aromatic N) is 2. The van der Waals surface area contributed by atoms with Crippen molar-refractivity contribution in [3.8, 4) is 11.4 Å². The Kier molecular flexibility index (Phi) is 6.26. The molecule has 0 fully saturated rings. The molecule has 1 heterocycles. The zero-order valence-electron chi connectivity index (χ0n) is 15.8. The molecule has 0 atom stereocenters. The van der Waals surface area contributed by atoms with Crippen LogP contribution in [0.15, 0.2) is 60.8 Å². The van der Waals surface area contributed by atoms with Crippen molar-refractivity contribution in [3.63, 3.8) is 0 Å². The largest absolute Gasteiger partial charge is 0.494 e. The molecule has 140 valence electrons. The normalized spacial score (nSPS) is 10.6. The third kappa shape index (κ3) is 4.76. The van der Waals surface area contributed by atoms with Crippen LogP contribution in [0.4, 0.5) is 0 Å². The number of para-hydroxylation sites is 1. The van der Waals surface area contributed by atoms with E-state index in [1.807, 2.05) is 73.1 Å². The number of amides is 1. The Bertz CT molecular complexity index is 888. The van der Waals surface area contributed by atoms with Crippen LogP contribution < -0.4 is 10.1 Å². The standard InChI is InChI=1S/C22H25N3O2/c1-3-21-20(16-24-25(21)18-10-5-4-6-11-18)22(26)23-13-8-14-27-19-12-7-9-17(2)15-19/h4-7,9-12,15-16H,3,8,13-14H2,1-2H3,(H,23,26). The zero-order valence-corrected chi connectivity index (χ0v) is 15.8. The number of ether oxygens (including phenoxy) is 1. The van der Waals surface area contributed by atoms with Crippen LogP contribution in [0.5, 0.6) is 5.75 Å². The average Bonchev–Trinajstić information content (AvgIpc) is 3.12. The lowest BCUT2D eigenvalue weighted by molar-refractivity contribution is 0.0950. The molecule has 1 N–H and O–H groups in total. The number of hydrogen-bond acceptors (Lipinski definition) is 3. The maximum absolute atomic E-state index is 12.5. The third-order valence-electron chi connectivity index (χ3n) is 4.31. The molecular weight excluding hydrogens is 338 g/mol. The van der Waals surface area contributed by atoms with Gasteiger partial charge in [-0.15, -0.1) is 0 Å². The van der Waals surface area contributed by atoms with Gasteiger partial charge < -0.3 is 10.1 Å². The van der Waals surface area contributed by atoms with Gasteiger partial charge in [-0.1, -0.05) is 37.3 Å². The van der Waals surface area contributed by atoms with Crippen molar-refractivity contribution in [2.75, 3.05) is 13.2 Å². The number of aryl methyl sites for hydroxylation is 1. The van der Waals surface area contributed by atoms with Crippen molar-refractivity contribution in [1.82, 2.24) is 15.1 Å². The summed E-state index contributed by atoms with van der Waals surface area (Å²) in [7, 11) is 0. The van der Waals surface area contributed by atoms with Crippen LogP contribution in [-0.2, 0) is 6.42 Å². The summed E-state index contributed by atoms with van der Waals surface area (Å²) in [6.45, 7) is 5.19. The van der Waals surface area contributed by atoms with Gasteiger partial charge in [-0.2, -0.15) is 5.10 Å². The second kappa shape index (κ2) is 9.03. The second-order valence-corrected chi connectivity index (χ2v) is 6.38. The zero-order chi connectivity index (χ0) is 19.1. The van der Waals surface area contributed by atoms with Crippen molar-refractivity contribution in [1.29, 1.82) is 0 Å². The summed E-state index contributed by atoms with van der Waals surface area (Å²) < 4.78 is 7.54. The first-order valence-corrected chi connectivity index (χ1v) is 9.29. The number of nitrogens with one attached hydrogen (secondary N) is 1. The van der Waals surface area contributed by atoms with E-state index in [1.165, 1.54) is 5.56 Å². The number of carbonyl (C=O) groups is 1. The summed E-state index contributed by atoms with van der Waals surface area (Å²) in [6.07, 6.45) is 3.12. The van der Waals surface area contributed by atoms with Crippen molar-refractivity contribution in [2.24, 2.45) is 0 Å². The topological polar surface area (TPSA) is 56.1 Å². The molecule has 1 aromatic heterocycles. The first kappa shape index (κ1) is 18.7. The van der Waals surface area contributed by atoms with Crippen LogP contribution in [-0.4, -0.2) is 28.8 Å². The summed E-state index contributed by atoms with van der Waals surface area (Å²) >= 11 is 0. The Morgan fingerprint density at radius 1 is 1.15 bits per heavy atom. The van der Waals surface area contributed by atoms with Gasteiger partial charge in [0, 0.05) is 6.54 Å². The Labute approximate surface area is 160 Å². The molecule has 0 aliphatic heterocycles. The summed E-state index contributed by atoms with van der Waals surface area (Å²) in [6, 6.07) is 17.8. The maximum Gasteiger partial charge on any atom is 0.254 e. The molecule has 3 rings (SSSR count). The van der Waals surface area contributed by atoms with Crippen LogP contribution in [0.2, 0.25) is 0 Å². The molecule has 0 saturated carbocycles. The Hall–Kier alpha value is -3.08. The molecule has 5 heteroatoms. The number of hydrogen-bond donors (Lipinski definition) is 1. The van der Waals surface area contributed by atoms with E-state index in [9.17, 15) is 4.79 Å².